The summed E-state index contributed by atoms with van der Waals surface area (Å²) in [6.07, 6.45) is 0.774. The first-order valence-corrected chi connectivity index (χ1v) is 8.26. The van der Waals surface area contributed by atoms with Gasteiger partial charge in [0.05, 0.1) is 13.2 Å². The second kappa shape index (κ2) is 9.47. The molecule has 0 aliphatic heterocycles. The Kier molecular flexibility index (Phi) is 7.01. The van der Waals surface area contributed by atoms with Crippen LogP contribution < -0.4 is 14.2 Å². The van der Waals surface area contributed by atoms with Crippen molar-refractivity contribution in [1.82, 2.24) is 0 Å². The van der Waals surface area contributed by atoms with Crippen LogP contribution in [0.4, 0.5) is 0 Å². The summed E-state index contributed by atoms with van der Waals surface area (Å²) in [6, 6.07) is 14.0. The molecule has 25 heavy (non-hydrogen) atoms. The molecule has 0 bridgehead atoms. The van der Waals surface area contributed by atoms with Crippen LogP contribution in [0.25, 0.3) is 0 Å². The molecule has 2 aromatic rings. The van der Waals surface area contributed by atoms with Gasteiger partial charge in [0.2, 0.25) is 0 Å². The number of carbonyl (C=O) groups excluding carboxylic acids is 2. The van der Waals surface area contributed by atoms with Gasteiger partial charge in [0, 0.05) is 12.0 Å². The van der Waals surface area contributed by atoms with Crippen LogP contribution in [0.3, 0.4) is 0 Å². The molecule has 0 saturated heterocycles. The summed E-state index contributed by atoms with van der Waals surface area (Å²) in [5.41, 5.74) is 0.642. The Morgan fingerprint density at radius 3 is 2.24 bits per heavy atom. The molecule has 0 radical (unpaired) electrons. The lowest BCUT2D eigenvalue weighted by atomic mass is 10.1. The van der Waals surface area contributed by atoms with Crippen molar-refractivity contribution >= 4 is 11.8 Å². The number of carbonyl (C=O) groups is 2. The van der Waals surface area contributed by atoms with Crippen molar-refractivity contribution in [2.24, 2.45) is 0 Å². The van der Waals surface area contributed by atoms with Crippen molar-refractivity contribution in [3.05, 3.63) is 54.1 Å². The van der Waals surface area contributed by atoms with Crippen molar-refractivity contribution in [3.63, 3.8) is 0 Å². The van der Waals surface area contributed by atoms with E-state index in [9.17, 15) is 9.59 Å². The Bertz CT molecular complexity index is 706. The average molecular weight is 342 g/mol. The molecule has 0 heterocycles. The van der Waals surface area contributed by atoms with Crippen LogP contribution in [-0.4, -0.2) is 25.0 Å². The van der Waals surface area contributed by atoms with Crippen molar-refractivity contribution in [2.75, 3.05) is 13.2 Å². The van der Waals surface area contributed by atoms with Gasteiger partial charge in [-0.3, -0.25) is 9.59 Å². The van der Waals surface area contributed by atoms with Gasteiger partial charge in [-0.1, -0.05) is 12.1 Å². The number of ketones is 1. The highest BCUT2D eigenvalue weighted by molar-refractivity contribution is 5.94. The monoisotopic (exact) mass is 342 g/mol. The van der Waals surface area contributed by atoms with Crippen LogP contribution in [0.5, 0.6) is 17.2 Å². The smallest absolute Gasteiger partial charge is 0.311 e. The second-order valence-corrected chi connectivity index (χ2v) is 5.39. The van der Waals surface area contributed by atoms with Gasteiger partial charge in [0.1, 0.15) is 5.75 Å². The Morgan fingerprint density at radius 1 is 0.920 bits per heavy atom. The standard InChI is InChI=1S/C20H22O5/c1-3-23-18-7-4-5-8-19(18)25-20(22)9-6-14-24-17-12-10-16(11-13-17)15(2)21/h4-5,7-8,10-13H,3,6,9,14H2,1-2H3. The first kappa shape index (κ1) is 18.5. The molecule has 2 aromatic carbocycles. The van der Waals surface area contributed by atoms with Gasteiger partial charge >= 0.3 is 5.97 Å². The molecule has 0 fully saturated rings. The quantitative estimate of drug-likeness (QED) is 0.298. The predicted octanol–water partition coefficient (Wildman–Crippen LogP) is 4.05. The summed E-state index contributed by atoms with van der Waals surface area (Å²) in [6.45, 7) is 4.29. The van der Waals surface area contributed by atoms with E-state index in [0.29, 0.717) is 42.4 Å². The first-order valence-electron chi connectivity index (χ1n) is 8.26. The lowest BCUT2D eigenvalue weighted by Gasteiger charge is -2.10. The van der Waals surface area contributed by atoms with E-state index in [0.717, 1.165) is 0 Å². The fourth-order valence-corrected chi connectivity index (χ4v) is 2.18. The van der Waals surface area contributed by atoms with Crippen LogP contribution in [0.15, 0.2) is 48.5 Å². The third-order valence-electron chi connectivity index (χ3n) is 3.43. The molecule has 0 atom stereocenters. The number of hydrogen-bond donors (Lipinski definition) is 0. The minimum absolute atomic E-state index is 0.0154. The fourth-order valence-electron chi connectivity index (χ4n) is 2.18. The van der Waals surface area contributed by atoms with Gasteiger partial charge in [-0.25, -0.2) is 0 Å². The zero-order valence-electron chi connectivity index (χ0n) is 14.5. The number of para-hydroxylation sites is 2. The van der Waals surface area contributed by atoms with Gasteiger partial charge < -0.3 is 14.2 Å². The minimum atomic E-state index is -0.331. The zero-order valence-corrected chi connectivity index (χ0v) is 14.5. The molecule has 5 heteroatoms. The molecule has 0 amide bonds. The van der Waals surface area contributed by atoms with Gasteiger partial charge in [0.15, 0.2) is 17.3 Å². The molecule has 0 spiro atoms. The van der Waals surface area contributed by atoms with E-state index < -0.39 is 0 Å². The molecule has 0 unspecified atom stereocenters. The lowest BCUT2D eigenvalue weighted by molar-refractivity contribution is -0.134. The fraction of sp³-hybridized carbons (Fsp3) is 0.300. The Labute approximate surface area is 147 Å². The highest BCUT2D eigenvalue weighted by atomic mass is 16.6. The summed E-state index contributed by atoms with van der Waals surface area (Å²) in [4.78, 5) is 23.1. The molecule has 0 aromatic heterocycles. The van der Waals surface area contributed by atoms with E-state index in [4.69, 9.17) is 14.2 Å². The summed E-state index contributed by atoms with van der Waals surface area (Å²) >= 11 is 0. The highest BCUT2D eigenvalue weighted by Crippen LogP contribution is 2.26. The van der Waals surface area contributed by atoms with E-state index in [1.807, 2.05) is 13.0 Å². The number of benzene rings is 2. The molecular weight excluding hydrogens is 320 g/mol. The van der Waals surface area contributed by atoms with Crippen LogP contribution in [-0.2, 0) is 4.79 Å². The lowest BCUT2D eigenvalue weighted by Crippen LogP contribution is -2.11. The first-order chi connectivity index (χ1) is 12.1. The topological polar surface area (TPSA) is 61.8 Å². The van der Waals surface area contributed by atoms with E-state index in [1.54, 1.807) is 42.5 Å². The van der Waals surface area contributed by atoms with Gasteiger partial charge in [0.25, 0.3) is 0 Å². The minimum Gasteiger partial charge on any atom is -0.494 e. The van der Waals surface area contributed by atoms with E-state index in [2.05, 4.69) is 0 Å². The molecule has 5 nitrogen and oxygen atoms in total. The predicted molar refractivity (Wildman–Crippen MR) is 94.4 cm³/mol. The number of esters is 1. The summed E-state index contributed by atoms with van der Waals surface area (Å²) < 4.78 is 16.3. The summed E-state index contributed by atoms with van der Waals surface area (Å²) in [7, 11) is 0. The maximum absolute atomic E-state index is 11.9. The highest BCUT2D eigenvalue weighted by Gasteiger charge is 2.09. The Morgan fingerprint density at radius 2 is 1.60 bits per heavy atom. The normalized spacial score (nSPS) is 10.2. The van der Waals surface area contributed by atoms with Gasteiger partial charge in [-0.05, 0) is 56.7 Å². The van der Waals surface area contributed by atoms with Crippen LogP contribution >= 0.6 is 0 Å². The van der Waals surface area contributed by atoms with Crippen molar-refractivity contribution < 1.29 is 23.8 Å². The SMILES string of the molecule is CCOc1ccccc1OC(=O)CCCOc1ccc(C(C)=O)cc1. The van der Waals surface area contributed by atoms with Crippen LogP contribution in [0, 0.1) is 0 Å². The van der Waals surface area contributed by atoms with Crippen molar-refractivity contribution in [3.8, 4) is 17.2 Å². The molecule has 0 N–H and O–H groups in total. The van der Waals surface area contributed by atoms with Gasteiger partial charge in [-0.15, -0.1) is 0 Å². The number of Topliss-reactive ketones (excluding diaryl/α,β-unsaturated/α-hetero) is 1. The average Bonchev–Trinajstić information content (AvgIpc) is 2.61. The number of hydrogen-bond acceptors (Lipinski definition) is 5. The third kappa shape index (κ3) is 5.95. The third-order valence-corrected chi connectivity index (χ3v) is 3.43. The largest absolute Gasteiger partial charge is 0.494 e. The molecule has 2 rings (SSSR count). The molecule has 0 saturated carbocycles. The van der Waals surface area contributed by atoms with Crippen molar-refractivity contribution in [1.29, 1.82) is 0 Å². The van der Waals surface area contributed by atoms with Crippen LogP contribution in [0.1, 0.15) is 37.0 Å². The maximum Gasteiger partial charge on any atom is 0.311 e. The van der Waals surface area contributed by atoms with E-state index >= 15 is 0 Å². The number of rotatable bonds is 9. The summed E-state index contributed by atoms with van der Waals surface area (Å²) in [5, 5.41) is 0. The van der Waals surface area contributed by atoms with E-state index in [-0.39, 0.29) is 18.2 Å². The summed E-state index contributed by atoms with van der Waals surface area (Å²) in [5.74, 6) is 1.33. The maximum atomic E-state index is 11.9. The van der Waals surface area contributed by atoms with Crippen molar-refractivity contribution in [2.45, 2.75) is 26.7 Å². The molecule has 132 valence electrons. The second-order valence-electron chi connectivity index (χ2n) is 5.39. The Hall–Kier alpha value is -2.82. The van der Waals surface area contributed by atoms with E-state index in [1.165, 1.54) is 6.92 Å². The molecule has 0 aliphatic carbocycles. The Balaban J connectivity index is 1.74. The number of ether oxygens (including phenoxy) is 3. The zero-order chi connectivity index (χ0) is 18.1. The van der Waals surface area contributed by atoms with Gasteiger partial charge in [-0.2, -0.15) is 0 Å². The molecular formula is C20H22O5. The van der Waals surface area contributed by atoms with Crippen LogP contribution in [0.2, 0.25) is 0 Å². The molecule has 0 aliphatic rings.